The van der Waals surface area contributed by atoms with Gasteiger partial charge >= 0.3 is 5.97 Å². The zero-order chi connectivity index (χ0) is 33.3. The minimum atomic E-state index is -0.842. The number of para-hydroxylation sites is 1. The van der Waals surface area contributed by atoms with Gasteiger partial charge in [0.25, 0.3) is 0 Å². The molecule has 1 amide bonds. The number of hydrogen-bond donors (Lipinski definition) is 3. The van der Waals surface area contributed by atoms with Crippen LogP contribution in [0, 0.1) is 0 Å². The van der Waals surface area contributed by atoms with Crippen molar-refractivity contribution in [1.29, 1.82) is 0 Å². The van der Waals surface area contributed by atoms with Crippen molar-refractivity contribution in [3.8, 4) is 11.1 Å². The Morgan fingerprint density at radius 3 is 2.42 bits per heavy atom. The number of ether oxygens (including phenoxy) is 2. The second kappa shape index (κ2) is 16.4. The van der Waals surface area contributed by atoms with Crippen molar-refractivity contribution in [3.63, 3.8) is 0 Å². The van der Waals surface area contributed by atoms with E-state index >= 15 is 0 Å². The molecule has 0 unspecified atom stereocenters. The first-order chi connectivity index (χ1) is 23.4. The second-order valence-corrected chi connectivity index (χ2v) is 14.1. The Labute approximate surface area is 288 Å². The largest absolute Gasteiger partial charge is 0.481 e. The van der Waals surface area contributed by atoms with E-state index in [1.54, 1.807) is 23.1 Å². The molecule has 0 bridgehead atoms. The van der Waals surface area contributed by atoms with Gasteiger partial charge in [-0.2, -0.15) is 0 Å². The molecular formula is C38H38N2O6S2. The lowest BCUT2D eigenvalue weighted by molar-refractivity contribution is -0.245. The molecule has 3 N–H and O–H groups in total. The highest BCUT2D eigenvalue weighted by Gasteiger charge is 2.32. The highest BCUT2D eigenvalue weighted by molar-refractivity contribution is 8.01. The molecule has 0 radical (unpaired) electrons. The lowest BCUT2D eigenvalue weighted by Gasteiger charge is -2.36. The lowest BCUT2D eigenvalue weighted by atomic mass is 9.99. The number of carbonyl (C=O) groups excluding carboxylic acids is 1. The van der Waals surface area contributed by atoms with E-state index in [4.69, 9.17) is 19.6 Å². The number of benzene rings is 4. The third kappa shape index (κ3) is 9.09. The average Bonchev–Trinajstić information content (AvgIpc) is 3.55. The maximum atomic E-state index is 12.3. The van der Waals surface area contributed by atoms with Crippen LogP contribution in [-0.4, -0.2) is 38.9 Å². The molecule has 48 heavy (non-hydrogen) atoms. The van der Waals surface area contributed by atoms with Crippen LogP contribution in [0.25, 0.3) is 21.3 Å². The van der Waals surface area contributed by atoms with Crippen molar-refractivity contribution < 1.29 is 29.3 Å². The Morgan fingerprint density at radius 1 is 0.854 bits per heavy atom. The van der Waals surface area contributed by atoms with Gasteiger partial charge in [-0.1, -0.05) is 84.6 Å². The minimum Gasteiger partial charge on any atom is -0.481 e. The Morgan fingerprint density at radius 2 is 1.62 bits per heavy atom. The van der Waals surface area contributed by atoms with Crippen molar-refractivity contribution in [2.24, 2.45) is 0 Å². The summed E-state index contributed by atoms with van der Waals surface area (Å²) in [6, 6.07) is 32.3. The zero-order valence-corrected chi connectivity index (χ0v) is 28.1. The topological polar surface area (TPSA) is 118 Å². The van der Waals surface area contributed by atoms with Crippen LogP contribution >= 0.6 is 23.1 Å². The number of aliphatic hydroxyl groups excluding tert-OH is 1. The molecule has 1 saturated heterocycles. The fourth-order valence-electron chi connectivity index (χ4n) is 5.68. The van der Waals surface area contributed by atoms with Gasteiger partial charge in [-0.25, -0.2) is 4.98 Å². The fourth-order valence-corrected chi connectivity index (χ4v) is 7.79. The van der Waals surface area contributed by atoms with Crippen molar-refractivity contribution in [2.75, 3.05) is 5.75 Å². The van der Waals surface area contributed by atoms with Crippen LogP contribution in [0.2, 0.25) is 0 Å². The Balaban J connectivity index is 1.15. The van der Waals surface area contributed by atoms with Gasteiger partial charge in [-0.15, -0.1) is 11.3 Å². The Bertz CT molecular complexity index is 1810. The van der Waals surface area contributed by atoms with Crippen LogP contribution < -0.4 is 5.32 Å². The second-order valence-electron chi connectivity index (χ2n) is 11.8. The monoisotopic (exact) mass is 682 g/mol. The summed E-state index contributed by atoms with van der Waals surface area (Å²) in [5.74, 6) is -0.195. The third-order valence-electron chi connectivity index (χ3n) is 8.24. The summed E-state index contributed by atoms with van der Waals surface area (Å²) in [6.07, 6.45) is 1.27. The first kappa shape index (κ1) is 33.8. The molecule has 6 rings (SSSR count). The zero-order valence-electron chi connectivity index (χ0n) is 26.4. The number of unbranched alkanes of at least 4 members (excludes halogenated alkanes) is 1. The summed E-state index contributed by atoms with van der Waals surface area (Å²) in [6.45, 7) is 0.388. The number of aliphatic hydroxyl groups is 1. The quantitative estimate of drug-likeness (QED) is 0.0796. The number of nitrogens with zero attached hydrogens (tertiary/aromatic N) is 1. The highest BCUT2D eigenvalue weighted by atomic mass is 32.2. The molecule has 0 aliphatic carbocycles. The number of amides is 1. The number of thioether (sulfide) groups is 1. The number of hydrogen-bond acceptors (Lipinski definition) is 8. The Hall–Kier alpha value is -4.06. The molecule has 0 spiro atoms. The van der Waals surface area contributed by atoms with Gasteiger partial charge in [0.1, 0.15) is 0 Å². The van der Waals surface area contributed by atoms with E-state index < -0.39 is 12.3 Å². The van der Waals surface area contributed by atoms with Gasteiger partial charge in [0.15, 0.2) is 10.6 Å². The molecule has 8 nitrogen and oxygen atoms in total. The van der Waals surface area contributed by atoms with Gasteiger partial charge < -0.3 is 25.0 Å². The van der Waals surface area contributed by atoms with Crippen molar-refractivity contribution in [1.82, 2.24) is 10.3 Å². The minimum absolute atomic E-state index is 0.00602. The number of carboxylic acid groups (broad SMARTS) is 1. The molecule has 0 saturated carbocycles. The van der Waals surface area contributed by atoms with E-state index in [0.29, 0.717) is 32.2 Å². The summed E-state index contributed by atoms with van der Waals surface area (Å²) in [5, 5.41) is 21.3. The third-order valence-corrected chi connectivity index (χ3v) is 10.5. The standard InChI is InChI=1S/C38H38N2O6S2/c41-23-25-15-17-27(18-16-25)33-21-31(24-47-38-40-32-11-1-2-12-34(32)48-38)45-37(46-33)30-10-6-9-29(20-30)28-8-5-7-26(19-28)22-39-35(42)13-3-4-14-36(43)44/h1-2,5-12,15-20,31,33,37,41H,3-4,13-14,21-24H2,(H,39,42)(H,43,44)/t31-,33+,37+/m0/s1. The molecule has 10 heteroatoms. The molecule has 2 heterocycles. The first-order valence-corrected chi connectivity index (χ1v) is 17.9. The summed E-state index contributed by atoms with van der Waals surface area (Å²) in [7, 11) is 0. The van der Waals surface area contributed by atoms with E-state index in [0.717, 1.165) is 49.0 Å². The van der Waals surface area contributed by atoms with Gasteiger partial charge in [0, 0.05) is 37.1 Å². The molecule has 1 aromatic heterocycles. The summed E-state index contributed by atoms with van der Waals surface area (Å²) in [5.41, 5.74) is 6.82. The maximum absolute atomic E-state index is 12.3. The number of fused-ring (bicyclic) bond motifs is 1. The van der Waals surface area contributed by atoms with Gasteiger partial charge in [-0.05, 0) is 64.9 Å². The fraction of sp³-hybridized carbons (Fsp3) is 0.289. The molecule has 248 valence electrons. The molecule has 5 aromatic rings. The normalized spacial score (nSPS) is 17.7. The van der Waals surface area contributed by atoms with Crippen molar-refractivity contribution >= 4 is 45.2 Å². The van der Waals surface area contributed by atoms with Crippen LogP contribution in [0.15, 0.2) is 101 Å². The number of aromatic nitrogens is 1. The first-order valence-electron chi connectivity index (χ1n) is 16.1. The highest BCUT2D eigenvalue weighted by Crippen LogP contribution is 2.41. The van der Waals surface area contributed by atoms with Crippen LogP contribution in [0.3, 0.4) is 0 Å². The smallest absolute Gasteiger partial charge is 0.303 e. The number of rotatable bonds is 14. The summed E-state index contributed by atoms with van der Waals surface area (Å²) >= 11 is 3.40. The Kier molecular flexibility index (Phi) is 11.5. The van der Waals surface area contributed by atoms with E-state index in [1.165, 1.54) is 4.70 Å². The molecule has 1 fully saturated rings. The van der Waals surface area contributed by atoms with Gasteiger partial charge in [-0.3, -0.25) is 9.59 Å². The van der Waals surface area contributed by atoms with Crippen LogP contribution in [0.4, 0.5) is 0 Å². The summed E-state index contributed by atoms with van der Waals surface area (Å²) in [4.78, 5) is 27.8. The van der Waals surface area contributed by atoms with Gasteiger partial charge in [0.05, 0.1) is 29.0 Å². The maximum Gasteiger partial charge on any atom is 0.303 e. The molecule has 3 atom stereocenters. The van der Waals surface area contributed by atoms with E-state index in [1.807, 2.05) is 72.8 Å². The molecular weight excluding hydrogens is 645 g/mol. The lowest BCUT2D eigenvalue weighted by Crippen LogP contribution is -2.31. The predicted octanol–water partition coefficient (Wildman–Crippen LogP) is 8.05. The van der Waals surface area contributed by atoms with Crippen LogP contribution in [0.5, 0.6) is 0 Å². The number of nitrogens with one attached hydrogen (secondary N) is 1. The predicted molar refractivity (Wildman–Crippen MR) is 189 cm³/mol. The molecule has 1 aliphatic heterocycles. The average molecular weight is 683 g/mol. The van der Waals surface area contributed by atoms with Gasteiger partial charge in [0.2, 0.25) is 5.91 Å². The number of carboxylic acids is 1. The van der Waals surface area contributed by atoms with E-state index in [9.17, 15) is 14.7 Å². The number of aliphatic carboxylic acids is 1. The van der Waals surface area contributed by atoms with E-state index in [2.05, 4.69) is 29.6 Å². The van der Waals surface area contributed by atoms with Crippen molar-refractivity contribution in [3.05, 3.63) is 119 Å². The SMILES string of the molecule is O=C(O)CCCCC(=O)NCc1cccc(-c2cccc([C@@H]3O[C@H](CSc4nc5ccccc5s4)C[C@H](c4ccc(CO)cc4)O3)c2)c1. The van der Waals surface area contributed by atoms with Crippen molar-refractivity contribution in [2.45, 2.75) is 68.1 Å². The summed E-state index contributed by atoms with van der Waals surface area (Å²) < 4.78 is 15.4. The number of thiazole rings is 1. The van der Waals surface area contributed by atoms with E-state index in [-0.39, 0.29) is 31.1 Å². The number of carbonyl (C=O) groups is 2. The molecule has 1 aliphatic rings. The van der Waals surface area contributed by atoms with Crippen LogP contribution in [-0.2, 0) is 32.2 Å². The molecule has 4 aromatic carbocycles. The van der Waals surface area contributed by atoms with Crippen LogP contribution in [0.1, 0.15) is 66.8 Å².